The van der Waals surface area contributed by atoms with Gasteiger partial charge in [-0.05, 0) is 25.7 Å². The Labute approximate surface area is 99.8 Å². The molecule has 0 radical (unpaired) electrons. The van der Waals surface area contributed by atoms with Gasteiger partial charge >= 0.3 is 0 Å². The van der Waals surface area contributed by atoms with E-state index in [1.807, 2.05) is 6.92 Å². The van der Waals surface area contributed by atoms with E-state index >= 15 is 0 Å². The summed E-state index contributed by atoms with van der Waals surface area (Å²) in [6.45, 7) is 2.04. The SMILES string of the molecule is CNc1nc(N(C)C(C)C2CC2)c(F)cc1F. The fourth-order valence-electron chi connectivity index (χ4n) is 1.97. The van der Waals surface area contributed by atoms with Gasteiger partial charge in [-0.2, -0.15) is 0 Å². The van der Waals surface area contributed by atoms with Crippen molar-refractivity contribution < 1.29 is 8.78 Å². The van der Waals surface area contributed by atoms with Gasteiger partial charge in [-0.25, -0.2) is 13.8 Å². The number of nitrogens with zero attached hydrogens (tertiary/aromatic N) is 2. The molecular formula is C12H17F2N3. The highest BCUT2D eigenvalue weighted by Gasteiger charge is 2.32. The minimum atomic E-state index is -0.666. The van der Waals surface area contributed by atoms with Crippen molar-refractivity contribution >= 4 is 11.6 Å². The fourth-order valence-corrected chi connectivity index (χ4v) is 1.97. The van der Waals surface area contributed by atoms with E-state index in [0.717, 1.165) is 6.07 Å². The van der Waals surface area contributed by atoms with Crippen LogP contribution in [0.15, 0.2) is 6.07 Å². The summed E-state index contributed by atoms with van der Waals surface area (Å²) in [5, 5.41) is 2.62. The lowest BCUT2D eigenvalue weighted by atomic mass is 10.2. The van der Waals surface area contributed by atoms with Gasteiger partial charge in [0.15, 0.2) is 23.3 Å². The maximum absolute atomic E-state index is 13.7. The van der Waals surface area contributed by atoms with Crippen LogP contribution in [0.25, 0.3) is 0 Å². The minimum absolute atomic E-state index is 0.0799. The first-order chi connectivity index (χ1) is 8.04. The van der Waals surface area contributed by atoms with Gasteiger partial charge in [-0.3, -0.25) is 0 Å². The number of aromatic nitrogens is 1. The first kappa shape index (κ1) is 12.1. The Morgan fingerprint density at radius 1 is 1.41 bits per heavy atom. The molecule has 0 aliphatic heterocycles. The van der Waals surface area contributed by atoms with E-state index in [0.29, 0.717) is 5.92 Å². The molecule has 3 nitrogen and oxygen atoms in total. The van der Waals surface area contributed by atoms with Crippen LogP contribution in [0, 0.1) is 17.6 Å². The summed E-state index contributed by atoms with van der Waals surface area (Å²) in [7, 11) is 3.36. The number of pyridine rings is 1. The van der Waals surface area contributed by atoms with Crippen LogP contribution in [0.2, 0.25) is 0 Å². The predicted octanol–water partition coefficient (Wildman–Crippen LogP) is 2.64. The molecule has 1 aliphatic carbocycles. The zero-order chi connectivity index (χ0) is 12.6. The molecule has 0 spiro atoms. The molecule has 0 aromatic carbocycles. The lowest BCUT2D eigenvalue weighted by molar-refractivity contribution is 0.550. The molecule has 17 heavy (non-hydrogen) atoms. The van der Waals surface area contributed by atoms with Gasteiger partial charge in [0.1, 0.15) is 0 Å². The van der Waals surface area contributed by atoms with E-state index in [2.05, 4.69) is 10.3 Å². The van der Waals surface area contributed by atoms with E-state index < -0.39 is 11.6 Å². The maximum atomic E-state index is 13.7. The van der Waals surface area contributed by atoms with Crippen LogP contribution in [0.3, 0.4) is 0 Å². The molecule has 2 rings (SSSR count). The zero-order valence-electron chi connectivity index (χ0n) is 10.3. The highest BCUT2D eigenvalue weighted by atomic mass is 19.1. The first-order valence-electron chi connectivity index (χ1n) is 5.81. The van der Waals surface area contributed by atoms with Crippen molar-refractivity contribution in [2.75, 3.05) is 24.3 Å². The lowest BCUT2D eigenvalue weighted by Crippen LogP contribution is -2.32. The third-order valence-electron chi connectivity index (χ3n) is 3.40. The van der Waals surface area contributed by atoms with Crippen molar-refractivity contribution in [1.82, 2.24) is 4.98 Å². The second-order valence-electron chi connectivity index (χ2n) is 4.56. The lowest BCUT2D eigenvalue weighted by Gasteiger charge is -2.26. The van der Waals surface area contributed by atoms with Crippen LogP contribution in [0.4, 0.5) is 20.4 Å². The molecule has 1 fully saturated rings. The van der Waals surface area contributed by atoms with Crippen molar-refractivity contribution in [3.8, 4) is 0 Å². The molecule has 1 heterocycles. The Hall–Kier alpha value is -1.39. The molecule has 1 unspecified atom stereocenters. The summed E-state index contributed by atoms with van der Waals surface area (Å²) in [6, 6.07) is 1.11. The Bertz CT molecular complexity index is 418. The smallest absolute Gasteiger partial charge is 0.168 e. The summed E-state index contributed by atoms with van der Waals surface area (Å²) >= 11 is 0. The van der Waals surface area contributed by atoms with Gasteiger partial charge < -0.3 is 10.2 Å². The molecule has 0 amide bonds. The zero-order valence-corrected chi connectivity index (χ0v) is 10.3. The standard InChI is InChI=1S/C12H17F2N3/c1-7(8-4-5-8)17(3)12-10(14)6-9(13)11(15-2)16-12/h6-8H,4-5H2,1-3H3,(H,15,16). The summed E-state index contributed by atoms with van der Waals surface area (Å²) < 4.78 is 27.0. The Kier molecular flexibility index (Phi) is 3.17. The van der Waals surface area contributed by atoms with Gasteiger partial charge in [0.25, 0.3) is 0 Å². The highest BCUT2D eigenvalue weighted by Crippen LogP contribution is 2.36. The monoisotopic (exact) mass is 241 g/mol. The molecule has 5 heteroatoms. The van der Waals surface area contributed by atoms with Crippen LogP contribution >= 0.6 is 0 Å². The van der Waals surface area contributed by atoms with Crippen LogP contribution in [0.1, 0.15) is 19.8 Å². The number of nitrogens with one attached hydrogen (secondary N) is 1. The third kappa shape index (κ3) is 2.33. The maximum Gasteiger partial charge on any atom is 0.168 e. The van der Waals surface area contributed by atoms with Crippen molar-refractivity contribution in [2.24, 2.45) is 5.92 Å². The van der Waals surface area contributed by atoms with E-state index in [-0.39, 0.29) is 17.7 Å². The second-order valence-corrected chi connectivity index (χ2v) is 4.56. The minimum Gasteiger partial charge on any atom is -0.371 e. The largest absolute Gasteiger partial charge is 0.371 e. The summed E-state index contributed by atoms with van der Waals surface area (Å²) in [6.07, 6.45) is 2.35. The average molecular weight is 241 g/mol. The Morgan fingerprint density at radius 3 is 2.59 bits per heavy atom. The number of rotatable bonds is 4. The van der Waals surface area contributed by atoms with Crippen molar-refractivity contribution in [3.05, 3.63) is 17.7 Å². The van der Waals surface area contributed by atoms with Gasteiger partial charge in [-0.15, -0.1) is 0 Å². The van der Waals surface area contributed by atoms with E-state index in [4.69, 9.17) is 0 Å². The highest BCUT2D eigenvalue weighted by molar-refractivity contribution is 5.49. The predicted molar refractivity (Wildman–Crippen MR) is 64.3 cm³/mol. The van der Waals surface area contributed by atoms with Crippen LogP contribution < -0.4 is 10.2 Å². The van der Waals surface area contributed by atoms with Crippen molar-refractivity contribution in [3.63, 3.8) is 0 Å². The second kappa shape index (κ2) is 4.47. The quantitative estimate of drug-likeness (QED) is 0.878. The van der Waals surface area contributed by atoms with Crippen molar-refractivity contribution in [1.29, 1.82) is 0 Å². The molecule has 1 aromatic rings. The first-order valence-corrected chi connectivity index (χ1v) is 5.81. The fraction of sp³-hybridized carbons (Fsp3) is 0.583. The van der Waals surface area contributed by atoms with Crippen LogP contribution in [0.5, 0.6) is 0 Å². The number of anilines is 2. The van der Waals surface area contributed by atoms with E-state index in [9.17, 15) is 8.78 Å². The molecule has 1 saturated carbocycles. The molecule has 1 aromatic heterocycles. The molecular weight excluding hydrogens is 224 g/mol. The topological polar surface area (TPSA) is 28.2 Å². The molecule has 1 N–H and O–H groups in total. The van der Waals surface area contributed by atoms with Crippen LogP contribution in [-0.2, 0) is 0 Å². The van der Waals surface area contributed by atoms with Gasteiger partial charge in [-0.1, -0.05) is 0 Å². The van der Waals surface area contributed by atoms with E-state index in [1.165, 1.54) is 12.8 Å². The number of hydrogen-bond donors (Lipinski definition) is 1. The summed E-state index contributed by atoms with van der Waals surface area (Å²) in [5.74, 6) is -0.395. The molecule has 1 aliphatic rings. The molecule has 0 bridgehead atoms. The summed E-state index contributed by atoms with van der Waals surface area (Å²) in [5.41, 5.74) is 0. The van der Waals surface area contributed by atoms with Gasteiger partial charge in [0.2, 0.25) is 0 Å². The Morgan fingerprint density at radius 2 is 2.06 bits per heavy atom. The Balaban J connectivity index is 2.29. The average Bonchev–Trinajstić information content (AvgIpc) is 3.11. The van der Waals surface area contributed by atoms with Gasteiger partial charge in [0.05, 0.1) is 0 Å². The van der Waals surface area contributed by atoms with Crippen molar-refractivity contribution in [2.45, 2.75) is 25.8 Å². The number of hydrogen-bond acceptors (Lipinski definition) is 3. The molecule has 0 saturated heterocycles. The number of halogens is 2. The van der Waals surface area contributed by atoms with E-state index in [1.54, 1.807) is 19.0 Å². The van der Waals surface area contributed by atoms with Crippen LogP contribution in [-0.4, -0.2) is 25.1 Å². The van der Waals surface area contributed by atoms with Gasteiger partial charge in [0, 0.05) is 26.2 Å². The third-order valence-corrected chi connectivity index (χ3v) is 3.40. The molecule has 1 atom stereocenters. The molecule has 94 valence electrons. The normalized spacial score (nSPS) is 16.8. The summed E-state index contributed by atoms with van der Waals surface area (Å²) in [4.78, 5) is 5.77.